The smallest absolute Gasteiger partial charge is 0.0531 e. The van der Waals surface area contributed by atoms with E-state index in [1.807, 2.05) is 39.0 Å². The van der Waals surface area contributed by atoms with Crippen molar-refractivity contribution in [2.45, 2.75) is 32.4 Å². The molecule has 0 spiro atoms. The highest BCUT2D eigenvalue weighted by Gasteiger charge is 2.26. The SMILES string of the molecule is C=C/C=C(\C=C/C)C(C)(N)C(C)N. The van der Waals surface area contributed by atoms with Crippen LogP contribution in [0.4, 0.5) is 0 Å². The van der Waals surface area contributed by atoms with Gasteiger partial charge in [0.2, 0.25) is 0 Å². The molecule has 13 heavy (non-hydrogen) atoms. The van der Waals surface area contributed by atoms with Gasteiger partial charge in [-0.2, -0.15) is 0 Å². The minimum Gasteiger partial charge on any atom is -0.326 e. The molecular weight excluding hydrogens is 160 g/mol. The van der Waals surface area contributed by atoms with Gasteiger partial charge in [-0.25, -0.2) is 0 Å². The molecule has 0 saturated heterocycles. The summed E-state index contributed by atoms with van der Waals surface area (Å²) in [6.07, 6.45) is 7.53. The molecule has 4 N–H and O–H groups in total. The first-order valence-corrected chi connectivity index (χ1v) is 4.47. The quantitative estimate of drug-likeness (QED) is 0.647. The molecule has 0 aliphatic carbocycles. The Morgan fingerprint density at radius 3 is 2.38 bits per heavy atom. The van der Waals surface area contributed by atoms with E-state index in [9.17, 15) is 0 Å². The van der Waals surface area contributed by atoms with Crippen molar-refractivity contribution >= 4 is 0 Å². The summed E-state index contributed by atoms with van der Waals surface area (Å²) in [5.41, 5.74) is 12.4. The first-order valence-electron chi connectivity index (χ1n) is 4.47. The molecule has 0 aromatic carbocycles. The average molecular weight is 180 g/mol. The summed E-state index contributed by atoms with van der Waals surface area (Å²) >= 11 is 0. The van der Waals surface area contributed by atoms with Crippen molar-refractivity contribution in [2.75, 3.05) is 0 Å². The molecule has 2 atom stereocenters. The molecule has 0 aliphatic heterocycles. The van der Waals surface area contributed by atoms with E-state index < -0.39 is 5.54 Å². The second kappa shape index (κ2) is 5.00. The Labute approximate surface area is 81.0 Å². The molecule has 0 bridgehead atoms. The van der Waals surface area contributed by atoms with Crippen molar-refractivity contribution in [3.63, 3.8) is 0 Å². The number of nitrogens with two attached hydrogens (primary N) is 2. The van der Waals surface area contributed by atoms with E-state index in [2.05, 4.69) is 6.58 Å². The molecule has 0 fully saturated rings. The topological polar surface area (TPSA) is 52.0 Å². The molecule has 74 valence electrons. The van der Waals surface area contributed by atoms with Crippen molar-refractivity contribution in [1.29, 1.82) is 0 Å². The van der Waals surface area contributed by atoms with Crippen LogP contribution in [0.3, 0.4) is 0 Å². The van der Waals surface area contributed by atoms with Crippen molar-refractivity contribution in [2.24, 2.45) is 11.5 Å². The highest BCUT2D eigenvalue weighted by atomic mass is 14.8. The highest BCUT2D eigenvalue weighted by Crippen LogP contribution is 2.18. The molecule has 0 aromatic heterocycles. The monoisotopic (exact) mass is 180 g/mol. The Morgan fingerprint density at radius 2 is 2.08 bits per heavy atom. The van der Waals surface area contributed by atoms with Crippen LogP contribution in [-0.2, 0) is 0 Å². The minimum absolute atomic E-state index is 0.0881. The molecular formula is C11H20N2. The zero-order chi connectivity index (χ0) is 10.5. The van der Waals surface area contributed by atoms with Gasteiger partial charge in [0.25, 0.3) is 0 Å². The van der Waals surface area contributed by atoms with Crippen molar-refractivity contribution < 1.29 is 0 Å². The van der Waals surface area contributed by atoms with Gasteiger partial charge in [0.05, 0.1) is 5.54 Å². The van der Waals surface area contributed by atoms with Gasteiger partial charge in [-0.05, 0) is 26.3 Å². The summed E-state index contributed by atoms with van der Waals surface area (Å²) in [6, 6.07) is -0.0881. The van der Waals surface area contributed by atoms with Crippen LogP contribution >= 0.6 is 0 Å². The predicted molar refractivity (Wildman–Crippen MR) is 59.3 cm³/mol. The highest BCUT2D eigenvalue weighted by molar-refractivity contribution is 5.34. The summed E-state index contributed by atoms with van der Waals surface area (Å²) in [6.45, 7) is 9.43. The number of allylic oxidation sites excluding steroid dienone is 3. The Balaban J connectivity index is 4.94. The summed E-state index contributed by atoms with van der Waals surface area (Å²) in [7, 11) is 0. The molecule has 0 heterocycles. The summed E-state index contributed by atoms with van der Waals surface area (Å²) < 4.78 is 0. The van der Waals surface area contributed by atoms with Gasteiger partial charge >= 0.3 is 0 Å². The summed E-state index contributed by atoms with van der Waals surface area (Å²) in [5.74, 6) is 0. The zero-order valence-corrected chi connectivity index (χ0v) is 8.75. The van der Waals surface area contributed by atoms with Crippen LogP contribution in [0.25, 0.3) is 0 Å². The molecule has 2 heteroatoms. The van der Waals surface area contributed by atoms with Gasteiger partial charge < -0.3 is 11.5 Å². The number of hydrogen-bond donors (Lipinski definition) is 2. The Hall–Kier alpha value is -0.860. The van der Waals surface area contributed by atoms with E-state index in [0.29, 0.717) is 0 Å². The first kappa shape index (κ1) is 12.1. The lowest BCUT2D eigenvalue weighted by Gasteiger charge is -2.30. The first-order chi connectivity index (χ1) is 5.96. The molecule has 0 aliphatic rings. The minimum atomic E-state index is -0.499. The maximum absolute atomic E-state index is 6.08. The molecule has 2 nitrogen and oxygen atoms in total. The predicted octanol–water partition coefficient (Wildman–Crippen LogP) is 1.74. The normalized spacial score (nSPS) is 19.9. The van der Waals surface area contributed by atoms with Gasteiger partial charge in [-0.1, -0.05) is 30.9 Å². The fourth-order valence-corrected chi connectivity index (χ4v) is 0.984. The maximum atomic E-state index is 6.08. The third kappa shape index (κ3) is 3.17. The van der Waals surface area contributed by atoms with E-state index in [-0.39, 0.29) is 6.04 Å². The van der Waals surface area contributed by atoms with Gasteiger partial charge in [0.1, 0.15) is 0 Å². The third-order valence-electron chi connectivity index (χ3n) is 2.21. The standard InChI is InChI=1S/C11H20N2/c1-5-7-10(8-6-2)11(4,13)9(3)12/h5-9H,1,12-13H2,2-4H3/b8-6-,10-7+. The molecule has 0 saturated carbocycles. The number of rotatable bonds is 4. The lowest BCUT2D eigenvalue weighted by Crippen LogP contribution is -2.52. The van der Waals surface area contributed by atoms with Gasteiger partial charge in [-0.15, -0.1) is 0 Å². The zero-order valence-electron chi connectivity index (χ0n) is 8.75. The van der Waals surface area contributed by atoms with Gasteiger partial charge in [0, 0.05) is 6.04 Å². The summed E-state index contributed by atoms with van der Waals surface area (Å²) in [4.78, 5) is 0. The Morgan fingerprint density at radius 1 is 1.54 bits per heavy atom. The van der Waals surface area contributed by atoms with Crippen LogP contribution in [0.2, 0.25) is 0 Å². The van der Waals surface area contributed by atoms with E-state index in [1.165, 1.54) is 0 Å². The van der Waals surface area contributed by atoms with Crippen LogP contribution in [-0.4, -0.2) is 11.6 Å². The van der Waals surface area contributed by atoms with E-state index in [0.717, 1.165) is 5.57 Å². The van der Waals surface area contributed by atoms with Crippen LogP contribution in [0.1, 0.15) is 20.8 Å². The van der Waals surface area contributed by atoms with Crippen LogP contribution in [0, 0.1) is 0 Å². The molecule has 2 unspecified atom stereocenters. The molecule has 0 radical (unpaired) electrons. The van der Waals surface area contributed by atoms with E-state index in [1.54, 1.807) is 6.08 Å². The molecule has 0 rings (SSSR count). The molecule has 0 amide bonds. The molecule has 0 aromatic rings. The fourth-order valence-electron chi connectivity index (χ4n) is 0.984. The average Bonchev–Trinajstić information content (AvgIpc) is 2.03. The fraction of sp³-hybridized carbons (Fsp3) is 0.455. The second-order valence-corrected chi connectivity index (χ2v) is 3.43. The van der Waals surface area contributed by atoms with Gasteiger partial charge in [0.15, 0.2) is 0 Å². The number of hydrogen-bond acceptors (Lipinski definition) is 2. The lowest BCUT2D eigenvalue weighted by molar-refractivity contribution is 0.466. The van der Waals surface area contributed by atoms with Crippen molar-refractivity contribution in [3.05, 3.63) is 36.5 Å². The second-order valence-electron chi connectivity index (χ2n) is 3.43. The van der Waals surface area contributed by atoms with Crippen LogP contribution in [0.15, 0.2) is 36.5 Å². The van der Waals surface area contributed by atoms with Crippen molar-refractivity contribution in [3.8, 4) is 0 Å². The lowest BCUT2D eigenvalue weighted by atomic mass is 9.86. The van der Waals surface area contributed by atoms with Crippen LogP contribution in [0.5, 0.6) is 0 Å². The maximum Gasteiger partial charge on any atom is 0.0531 e. The van der Waals surface area contributed by atoms with Crippen LogP contribution < -0.4 is 11.5 Å². The Bertz CT molecular complexity index is 222. The third-order valence-corrected chi connectivity index (χ3v) is 2.21. The largest absolute Gasteiger partial charge is 0.326 e. The summed E-state index contributed by atoms with van der Waals surface area (Å²) in [5, 5.41) is 0. The van der Waals surface area contributed by atoms with E-state index in [4.69, 9.17) is 11.5 Å². The Kier molecular flexibility index (Phi) is 4.67. The van der Waals surface area contributed by atoms with Crippen molar-refractivity contribution in [1.82, 2.24) is 0 Å². The van der Waals surface area contributed by atoms with Gasteiger partial charge in [-0.3, -0.25) is 0 Å². The van der Waals surface area contributed by atoms with E-state index >= 15 is 0 Å².